The molecule has 5 nitrogen and oxygen atoms in total. The van der Waals surface area contributed by atoms with Gasteiger partial charge in [0.1, 0.15) is 15.7 Å². The topological polar surface area (TPSA) is 68.3 Å². The lowest BCUT2D eigenvalue weighted by atomic mass is 10.2. The average Bonchev–Trinajstić information content (AvgIpc) is 2.99. The molecule has 114 valence electrons. The second-order valence-corrected chi connectivity index (χ2v) is 7.22. The predicted octanol–water partition coefficient (Wildman–Crippen LogP) is 2.89. The molecule has 0 aliphatic carbocycles. The number of sulfonamides is 1. The summed E-state index contributed by atoms with van der Waals surface area (Å²) >= 11 is 1.44. The van der Waals surface area contributed by atoms with Gasteiger partial charge in [0.2, 0.25) is 10.0 Å². The van der Waals surface area contributed by atoms with Crippen molar-refractivity contribution in [3.63, 3.8) is 0 Å². The zero-order valence-electron chi connectivity index (χ0n) is 12.2. The Balaban J connectivity index is 2.36. The summed E-state index contributed by atoms with van der Waals surface area (Å²) < 4.78 is 33.1. The molecule has 1 atom stereocenters. The minimum atomic E-state index is -3.67. The Bertz CT molecular complexity index is 697. The highest BCUT2D eigenvalue weighted by atomic mass is 32.2. The van der Waals surface area contributed by atoms with E-state index in [9.17, 15) is 8.42 Å². The molecule has 2 aromatic rings. The maximum Gasteiger partial charge on any atom is 0.244 e. The Labute approximate surface area is 129 Å². The van der Waals surface area contributed by atoms with Crippen molar-refractivity contribution >= 4 is 21.4 Å². The van der Waals surface area contributed by atoms with Gasteiger partial charge < -0.3 is 4.74 Å². The van der Waals surface area contributed by atoms with Crippen LogP contribution in [0.2, 0.25) is 0 Å². The zero-order chi connectivity index (χ0) is 15.5. The smallest absolute Gasteiger partial charge is 0.244 e. The van der Waals surface area contributed by atoms with Crippen molar-refractivity contribution in [2.45, 2.75) is 31.2 Å². The largest absolute Gasteiger partial charge is 0.495 e. The van der Waals surface area contributed by atoms with E-state index in [0.717, 1.165) is 10.6 Å². The lowest BCUT2D eigenvalue weighted by molar-refractivity contribution is 0.401. The third kappa shape index (κ3) is 3.61. The van der Waals surface area contributed by atoms with Gasteiger partial charge in [-0.3, -0.25) is 0 Å². The molecule has 0 unspecified atom stereocenters. The summed E-state index contributed by atoms with van der Waals surface area (Å²) in [5.41, 5.74) is 0.860. The fourth-order valence-electron chi connectivity index (χ4n) is 1.96. The van der Waals surface area contributed by atoms with Crippen molar-refractivity contribution in [3.8, 4) is 5.75 Å². The van der Waals surface area contributed by atoms with E-state index in [4.69, 9.17) is 4.74 Å². The summed E-state index contributed by atoms with van der Waals surface area (Å²) in [7, 11) is -2.21. The Morgan fingerprint density at radius 2 is 2.19 bits per heavy atom. The number of rotatable bonds is 6. The Morgan fingerprint density at radius 1 is 1.43 bits per heavy atom. The van der Waals surface area contributed by atoms with Crippen LogP contribution < -0.4 is 9.46 Å². The van der Waals surface area contributed by atoms with Crippen molar-refractivity contribution < 1.29 is 13.2 Å². The van der Waals surface area contributed by atoms with Crippen LogP contribution in [0.5, 0.6) is 5.75 Å². The minimum absolute atomic E-state index is 0.153. The monoisotopic (exact) mass is 326 g/mol. The summed E-state index contributed by atoms with van der Waals surface area (Å²) in [4.78, 5) is 4.34. The van der Waals surface area contributed by atoms with Gasteiger partial charge >= 0.3 is 0 Å². The highest BCUT2D eigenvalue weighted by molar-refractivity contribution is 7.89. The van der Waals surface area contributed by atoms with Crippen LogP contribution in [0.15, 0.2) is 34.7 Å². The summed E-state index contributed by atoms with van der Waals surface area (Å²) in [6, 6.07) is 4.75. The molecule has 0 saturated carbocycles. The maximum atomic E-state index is 12.6. The molecule has 0 aliphatic rings. The van der Waals surface area contributed by atoms with Crippen LogP contribution in [0.1, 0.15) is 30.0 Å². The van der Waals surface area contributed by atoms with Crippen LogP contribution in [0.25, 0.3) is 0 Å². The Kier molecular flexibility index (Phi) is 4.97. The van der Waals surface area contributed by atoms with Crippen LogP contribution in [0, 0.1) is 6.92 Å². The van der Waals surface area contributed by atoms with E-state index in [0.29, 0.717) is 12.2 Å². The minimum Gasteiger partial charge on any atom is -0.495 e. The number of hydrogen-bond acceptors (Lipinski definition) is 5. The SMILES string of the molecule is CC[C@@H](NS(=O)(=O)c1cc(C)ccc1OC)c1nccs1. The van der Waals surface area contributed by atoms with Gasteiger partial charge in [0.25, 0.3) is 0 Å². The third-order valence-electron chi connectivity index (χ3n) is 3.06. The van der Waals surface area contributed by atoms with Gasteiger partial charge in [-0.15, -0.1) is 11.3 Å². The molecule has 0 fully saturated rings. The number of nitrogens with zero attached hydrogens (tertiary/aromatic N) is 1. The number of aromatic nitrogens is 1. The average molecular weight is 326 g/mol. The van der Waals surface area contributed by atoms with Gasteiger partial charge in [-0.25, -0.2) is 18.1 Å². The van der Waals surface area contributed by atoms with E-state index in [1.165, 1.54) is 18.4 Å². The first kappa shape index (κ1) is 15.9. The summed E-state index contributed by atoms with van der Waals surface area (Å²) in [5, 5.41) is 2.59. The van der Waals surface area contributed by atoms with Crippen LogP contribution in [0.3, 0.4) is 0 Å². The number of hydrogen-bond donors (Lipinski definition) is 1. The van der Waals surface area contributed by atoms with Crippen LogP contribution in [0.4, 0.5) is 0 Å². The fraction of sp³-hybridized carbons (Fsp3) is 0.357. The molecule has 1 heterocycles. The highest BCUT2D eigenvalue weighted by Crippen LogP contribution is 2.27. The molecule has 1 aromatic carbocycles. The highest BCUT2D eigenvalue weighted by Gasteiger charge is 2.24. The van der Waals surface area contributed by atoms with Crippen molar-refractivity contribution in [2.75, 3.05) is 7.11 Å². The van der Waals surface area contributed by atoms with Gasteiger partial charge in [-0.05, 0) is 31.0 Å². The molecule has 0 radical (unpaired) electrons. The van der Waals surface area contributed by atoms with Crippen molar-refractivity contribution in [2.24, 2.45) is 0 Å². The first-order valence-corrected chi connectivity index (χ1v) is 8.90. The summed E-state index contributed by atoms with van der Waals surface area (Å²) in [6.07, 6.45) is 2.30. The number of ether oxygens (including phenoxy) is 1. The number of nitrogens with one attached hydrogen (secondary N) is 1. The summed E-state index contributed by atoms with van der Waals surface area (Å²) in [5.74, 6) is 0.335. The molecule has 1 N–H and O–H groups in total. The Morgan fingerprint density at radius 3 is 2.76 bits per heavy atom. The molecular weight excluding hydrogens is 308 g/mol. The molecule has 0 amide bonds. The predicted molar refractivity (Wildman–Crippen MR) is 83.2 cm³/mol. The van der Waals surface area contributed by atoms with E-state index in [1.807, 2.05) is 25.3 Å². The molecule has 0 spiro atoms. The maximum absolute atomic E-state index is 12.6. The number of benzene rings is 1. The standard InChI is InChI=1S/C14H18N2O3S2/c1-4-11(14-15-7-8-20-14)16-21(17,18)13-9-10(2)5-6-12(13)19-3/h5-9,11,16H,4H2,1-3H3/t11-/m1/s1. The van der Waals surface area contributed by atoms with Crippen LogP contribution >= 0.6 is 11.3 Å². The third-order valence-corrected chi connectivity index (χ3v) is 5.45. The van der Waals surface area contributed by atoms with Gasteiger partial charge in [0.05, 0.1) is 13.2 Å². The van der Waals surface area contributed by atoms with Gasteiger partial charge in [-0.2, -0.15) is 0 Å². The van der Waals surface area contributed by atoms with E-state index < -0.39 is 10.0 Å². The van der Waals surface area contributed by atoms with Crippen molar-refractivity contribution in [3.05, 3.63) is 40.3 Å². The quantitative estimate of drug-likeness (QED) is 0.886. The molecule has 7 heteroatoms. The van der Waals surface area contributed by atoms with Gasteiger partial charge in [0, 0.05) is 11.6 Å². The molecular formula is C14H18N2O3S2. The van der Waals surface area contributed by atoms with E-state index in [1.54, 1.807) is 18.3 Å². The van der Waals surface area contributed by atoms with Crippen molar-refractivity contribution in [1.29, 1.82) is 0 Å². The lowest BCUT2D eigenvalue weighted by Crippen LogP contribution is -2.28. The Hall–Kier alpha value is -1.44. The van der Waals surface area contributed by atoms with E-state index in [-0.39, 0.29) is 10.9 Å². The first-order chi connectivity index (χ1) is 9.97. The molecule has 1 aromatic heterocycles. The van der Waals surface area contributed by atoms with E-state index in [2.05, 4.69) is 9.71 Å². The van der Waals surface area contributed by atoms with Gasteiger partial charge in [0.15, 0.2) is 0 Å². The second kappa shape index (κ2) is 6.55. The molecule has 0 aliphatic heterocycles. The molecule has 0 saturated heterocycles. The zero-order valence-corrected chi connectivity index (χ0v) is 13.8. The molecule has 2 rings (SSSR count). The van der Waals surface area contributed by atoms with Crippen LogP contribution in [-0.2, 0) is 10.0 Å². The van der Waals surface area contributed by atoms with Crippen LogP contribution in [-0.4, -0.2) is 20.5 Å². The van der Waals surface area contributed by atoms with Gasteiger partial charge in [-0.1, -0.05) is 13.0 Å². The number of aryl methyl sites for hydroxylation is 1. The molecule has 21 heavy (non-hydrogen) atoms. The normalized spacial score (nSPS) is 13.1. The van der Waals surface area contributed by atoms with Crippen molar-refractivity contribution in [1.82, 2.24) is 9.71 Å². The fourth-order valence-corrected chi connectivity index (χ4v) is 4.34. The number of methoxy groups -OCH3 is 1. The molecule has 0 bridgehead atoms. The lowest BCUT2D eigenvalue weighted by Gasteiger charge is -2.16. The number of thiazole rings is 1. The second-order valence-electron chi connectivity index (χ2n) is 4.61. The van der Waals surface area contributed by atoms with E-state index >= 15 is 0 Å². The summed E-state index contributed by atoms with van der Waals surface area (Å²) in [6.45, 7) is 3.76. The first-order valence-electron chi connectivity index (χ1n) is 6.54.